The molecule has 0 saturated carbocycles. The highest BCUT2D eigenvalue weighted by Crippen LogP contribution is 2.13. The van der Waals surface area contributed by atoms with Gasteiger partial charge in [0.05, 0.1) is 0 Å². The zero-order valence-electron chi connectivity index (χ0n) is 11.5. The number of nitrogens with two attached hydrogens (primary N) is 1. The van der Waals surface area contributed by atoms with Crippen molar-refractivity contribution in [3.63, 3.8) is 0 Å². The Hall–Kier alpha value is -1.67. The first-order valence-electron chi connectivity index (χ1n) is 6.61. The molecule has 0 spiro atoms. The molecule has 2 N–H and O–H groups in total. The number of hydrogen-bond donors (Lipinski definition) is 1. The molecule has 0 radical (unpaired) electrons. The average Bonchev–Trinajstić information content (AvgIpc) is 2.37. The summed E-state index contributed by atoms with van der Waals surface area (Å²) in [5.41, 5.74) is 11.1. The maximum Gasteiger partial charge on any atom is 0.123 e. The Balaban J connectivity index is 1.98. The van der Waals surface area contributed by atoms with Crippen LogP contribution in [0.15, 0.2) is 42.5 Å². The van der Waals surface area contributed by atoms with Gasteiger partial charge in [-0.25, -0.2) is 4.39 Å². The Morgan fingerprint density at radius 1 is 0.895 bits per heavy atom. The molecule has 0 aliphatic carbocycles. The predicted molar refractivity (Wildman–Crippen MR) is 77.7 cm³/mol. The molecule has 0 aliphatic heterocycles. The fourth-order valence-corrected chi connectivity index (χ4v) is 2.23. The Bertz CT molecular complexity index is 546. The molecule has 0 amide bonds. The minimum absolute atomic E-state index is 0.0626. The van der Waals surface area contributed by atoms with Crippen LogP contribution in [0.1, 0.15) is 22.3 Å². The van der Waals surface area contributed by atoms with Gasteiger partial charge in [0.1, 0.15) is 5.82 Å². The largest absolute Gasteiger partial charge is 0.327 e. The maximum absolute atomic E-state index is 12.8. The van der Waals surface area contributed by atoms with E-state index in [1.165, 1.54) is 28.8 Å². The third kappa shape index (κ3) is 3.90. The quantitative estimate of drug-likeness (QED) is 0.890. The van der Waals surface area contributed by atoms with Gasteiger partial charge in [0.15, 0.2) is 0 Å². The van der Waals surface area contributed by atoms with Crippen molar-refractivity contribution in [2.45, 2.75) is 32.7 Å². The van der Waals surface area contributed by atoms with E-state index in [9.17, 15) is 4.39 Å². The first-order chi connectivity index (χ1) is 9.04. The van der Waals surface area contributed by atoms with Crippen LogP contribution in [0.5, 0.6) is 0 Å². The van der Waals surface area contributed by atoms with Gasteiger partial charge in [-0.15, -0.1) is 0 Å². The molecule has 0 saturated heterocycles. The van der Waals surface area contributed by atoms with Crippen LogP contribution in [0.2, 0.25) is 0 Å². The van der Waals surface area contributed by atoms with E-state index in [1.807, 2.05) is 0 Å². The van der Waals surface area contributed by atoms with Crippen molar-refractivity contribution in [3.05, 3.63) is 70.5 Å². The molecule has 0 aromatic heterocycles. The number of hydrogen-bond acceptors (Lipinski definition) is 1. The van der Waals surface area contributed by atoms with Crippen molar-refractivity contribution < 1.29 is 4.39 Å². The smallest absolute Gasteiger partial charge is 0.123 e. The molecule has 1 nitrogen and oxygen atoms in total. The summed E-state index contributed by atoms with van der Waals surface area (Å²) < 4.78 is 12.8. The molecule has 0 heterocycles. The minimum atomic E-state index is -0.202. The zero-order chi connectivity index (χ0) is 13.8. The van der Waals surface area contributed by atoms with Crippen LogP contribution >= 0.6 is 0 Å². The summed E-state index contributed by atoms with van der Waals surface area (Å²) in [6.07, 6.45) is 1.62. The van der Waals surface area contributed by atoms with Gasteiger partial charge in [-0.1, -0.05) is 30.3 Å². The van der Waals surface area contributed by atoms with Gasteiger partial charge in [0, 0.05) is 6.04 Å². The molecule has 1 unspecified atom stereocenters. The molecule has 2 aromatic carbocycles. The van der Waals surface area contributed by atoms with Crippen molar-refractivity contribution in [3.8, 4) is 0 Å². The van der Waals surface area contributed by atoms with Crippen LogP contribution in [-0.4, -0.2) is 6.04 Å². The molecule has 2 aromatic rings. The standard InChI is InChI=1S/C17H20FN/c1-12-3-4-15(9-13(12)2)11-17(19)10-14-5-7-16(18)8-6-14/h3-9,17H,10-11,19H2,1-2H3. The SMILES string of the molecule is Cc1ccc(CC(N)Cc2ccc(F)cc2)cc1C. The van der Waals surface area contributed by atoms with Crippen LogP contribution in [0.3, 0.4) is 0 Å². The van der Waals surface area contributed by atoms with Gasteiger partial charge >= 0.3 is 0 Å². The Kier molecular flexibility index (Phi) is 4.33. The molecule has 0 fully saturated rings. The lowest BCUT2D eigenvalue weighted by molar-refractivity contribution is 0.623. The fraction of sp³-hybridized carbons (Fsp3) is 0.294. The van der Waals surface area contributed by atoms with Crippen LogP contribution < -0.4 is 5.73 Å². The Labute approximate surface area is 114 Å². The fourth-order valence-electron chi connectivity index (χ4n) is 2.23. The molecule has 2 rings (SSSR count). The summed E-state index contributed by atoms with van der Waals surface area (Å²) >= 11 is 0. The summed E-state index contributed by atoms with van der Waals surface area (Å²) in [6, 6.07) is 13.1. The number of rotatable bonds is 4. The molecule has 2 heteroatoms. The monoisotopic (exact) mass is 257 g/mol. The summed E-state index contributed by atoms with van der Waals surface area (Å²) in [5.74, 6) is -0.202. The van der Waals surface area contributed by atoms with E-state index in [4.69, 9.17) is 5.73 Å². The zero-order valence-corrected chi connectivity index (χ0v) is 11.5. The molecule has 0 bridgehead atoms. The minimum Gasteiger partial charge on any atom is -0.327 e. The van der Waals surface area contributed by atoms with E-state index in [1.54, 1.807) is 12.1 Å². The lowest BCUT2D eigenvalue weighted by atomic mass is 9.97. The van der Waals surface area contributed by atoms with E-state index in [0.29, 0.717) is 0 Å². The van der Waals surface area contributed by atoms with E-state index in [2.05, 4.69) is 32.0 Å². The second kappa shape index (κ2) is 5.98. The molecular weight excluding hydrogens is 237 g/mol. The highest BCUT2D eigenvalue weighted by Gasteiger charge is 2.06. The third-order valence-corrected chi connectivity index (χ3v) is 3.48. The van der Waals surface area contributed by atoms with Gasteiger partial charge in [-0.05, 0) is 61.1 Å². The normalized spacial score (nSPS) is 12.4. The highest BCUT2D eigenvalue weighted by molar-refractivity contribution is 5.30. The number of aryl methyl sites for hydroxylation is 2. The van der Waals surface area contributed by atoms with E-state index < -0.39 is 0 Å². The van der Waals surface area contributed by atoms with Crippen molar-refractivity contribution in [1.29, 1.82) is 0 Å². The Morgan fingerprint density at radius 2 is 1.47 bits per heavy atom. The van der Waals surface area contributed by atoms with Gasteiger partial charge in [0.2, 0.25) is 0 Å². The highest BCUT2D eigenvalue weighted by atomic mass is 19.1. The predicted octanol–water partition coefficient (Wildman–Crippen LogP) is 3.56. The first kappa shape index (κ1) is 13.8. The molecule has 100 valence electrons. The summed E-state index contributed by atoms with van der Waals surface area (Å²) in [7, 11) is 0. The number of benzene rings is 2. The molecule has 0 aliphatic rings. The van der Waals surface area contributed by atoms with Crippen molar-refractivity contribution in [2.24, 2.45) is 5.73 Å². The second-order valence-corrected chi connectivity index (χ2v) is 5.21. The van der Waals surface area contributed by atoms with Crippen LogP contribution in [0.25, 0.3) is 0 Å². The Morgan fingerprint density at radius 3 is 2.11 bits per heavy atom. The van der Waals surface area contributed by atoms with Crippen LogP contribution in [-0.2, 0) is 12.8 Å². The van der Waals surface area contributed by atoms with Gasteiger partial charge in [-0.3, -0.25) is 0 Å². The lowest BCUT2D eigenvalue weighted by Gasteiger charge is -2.13. The molecule has 19 heavy (non-hydrogen) atoms. The van der Waals surface area contributed by atoms with Crippen molar-refractivity contribution in [1.82, 2.24) is 0 Å². The van der Waals surface area contributed by atoms with E-state index in [-0.39, 0.29) is 11.9 Å². The van der Waals surface area contributed by atoms with Crippen LogP contribution in [0.4, 0.5) is 4.39 Å². The summed E-state index contributed by atoms with van der Waals surface area (Å²) in [6.45, 7) is 4.22. The van der Waals surface area contributed by atoms with E-state index in [0.717, 1.165) is 18.4 Å². The van der Waals surface area contributed by atoms with Gasteiger partial charge in [0.25, 0.3) is 0 Å². The lowest BCUT2D eigenvalue weighted by Crippen LogP contribution is -2.25. The van der Waals surface area contributed by atoms with E-state index >= 15 is 0 Å². The summed E-state index contributed by atoms with van der Waals surface area (Å²) in [5, 5.41) is 0. The van der Waals surface area contributed by atoms with Gasteiger partial charge < -0.3 is 5.73 Å². The van der Waals surface area contributed by atoms with Crippen LogP contribution in [0, 0.1) is 19.7 Å². The first-order valence-corrected chi connectivity index (χ1v) is 6.61. The maximum atomic E-state index is 12.8. The number of halogens is 1. The topological polar surface area (TPSA) is 26.0 Å². The average molecular weight is 257 g/mol. The third-order valence-electron chi connectivity index (χ3n) is 3.48. The van der Waals surface area contributed by atoms with Gasteiger partial charge in [-0.2, -0.15) is 0 Å². The summed E-state index contributed by atoms with van der Waals surface area (Å²) in [4.78, 5) is 0. The second-order valence-electron chi connectivity index (χ2n) is 5.21. The van der Waals surface area contributed by atoms with Crippen molar-refractivity contribution >= 4 is 0 Å². The van der Waals surface area contributed by atoms with Crippen molar-refractivity contribution in [2.75, 3.05) is 0 Å². The molecular formula is C17H20FN. The molecule has 1 atom stereocenters.